The first-order valence-corrected chi connectivity index (χ1v) is 12.4. The predicted molar refractivity (Wildman–Crippen MR) is 139 cm³/mol. The second-order valence-electron chi connectivity index (χ2n) is 8.74. The number of fused-ring (bicyclic) bond motifs is 3. The molecule has 0 radical (unpaired) electrons. The summed E-state index contributed by atoms with van der Waals surface area (Å²) in [7, 11) is 1.63. The fraction of sp³-hybridized carbons (Fsp3) is 0.143. The van der Waals surface area contributed by atoms with Crippen molar-refractivity contribution in [3.05, 3.63) is 130 Å². The molecule has 4 aromatic rings. The summed E-state index contributed by atoms with van der Waals surface area (Å²) in [4.78, 5) is 30.0. The van der Waals surface area contributed by atoms with E-state index in [0.717, 1.165) is 46.6 Å². The third-order valence-corrected chi connectivity index (χ3v) is 7.69. The molecular weight excluding hydrogens is 474 g/mol. The van der Waals surface area contributed by atoms with Gasteiger partial charge in [-0.05, 0) is 65.4 Å². The lowest BCUT2D eigenvalue weighted by Gasteiger charge is -2.30. The Kier molecular flexibility index (Phi) is 5.38. The summed E-state index contributed by atoms with van der Waals surface area (Å²) in [5, 5.41) is 11.0. The lowest BCUT2D eigenvalue weighted by atomic mass is 9.83. The Hall–Kier alpha value is -4.30. The summed E-state index contributed by atoms with van der Waals surface area (Å²) < 4.78 is 7.68. The largest absolute Gasteiger partial charge is 0.497 e. The number of aryl methyl sites for hydroxylation is 1. The molecule has 0 saturated carbocycles. The van der Waals surface area contributed by atoms with Crippen LogP contribution in [0, 0.1) is 10.1 Å². The van der Waals surface area contributed by atoms with Gasteiger partial charge in [0.05, 0.1) is 28.3 Å². The Labute approximate surface area is 210 Å². The van der Waals surface area contributed by atoms with E-state index in [1.54, 1.807) is 29.9 Å². The van der Waals surface area contributed by atoms with E-state index in [-0.39, 0.29) is 17.3 Å². The molecule has 1 aliphatic carbocycles. The van der Waals surface area contributed by atoms with Crippen molar-refractivity contribution in [3.63, 3.8) is 0 Å². The standard InChI is InChI=1S/C28H21N3O4S/c1-35-21-13-8-19(9-14-21)26-23-15-10-18-4-2-3-5-22(18)25(23)29-28-30(26)27(32)24(36-28)16-17-6-11-20(12-7-17)31(33)34/h2-9,11-14,16,26H,10,15H2,1H3/b24-16-/t26-/m0/s1. The Bertz CT molecular complexity index is 1710. The average molecular weight is 496 g/mol. The number of nitro benzene ring substituents is 1. The highest BCUT2D eigenvalue weighted by atomic mass is 32.1. The van der Waals surface area contributed by atoms with Gasteiger partial charge in [0.2, 0.25) is 0 Å². The maximum Gasteiger partial charge on any atom is 0.271 e. The number of rotatable bonds is 4. The first kappa shape index (κ1) is 22.2. The van der Waals surface area contributed by atoms with Crippen LogP contribution in [0.25, 0.3) is 11.8 Å². The Morgan fingerprint density at radius 1 is 1.06 bits per heavy atom. The van der Waals surface area contributed by atoms with E-state index >= 15 is 0 Å². The fourth-order valence-electron chi connectivity index (χ4n) is 4.95. The molecule has 0 amide bonds. The van der Waals surface area contributed by atoms with Gasteiger partial charge in [-0.25, -0.2) is 4.99 Å². The Morgan fingerprint density at radius 3 is 2.53 bits per heavy atom. The molecule has 6 rings (SSSR count). The number of nitro groups is 1. The highest BCUT2D eigenvalue weighted by molar-refractivity contribution is 7.07. The van der Waals surface area contributed by atoms with Gasteiger partial charge in [-0.1, -0.05) is 47.7 Å². The number of benzene rings is 3. The molecule has 0 N–H and O–H groups in total. The highest BCUT2D eigenvalue weighted by Crippen LogP contribution is 2.41. The van der Waals surface area contributed by atoms with E-state index in [2.05, 4.69) is 12.1 Å². The van der Waals surface area contributed by atoms with Crippen molar-refractivity contribution in [1.29, 1.82) is 0 Å². The van der Waals surface area contributed by atoms with Crippen molar-refractivity contribution in [2.45, 2.75) is 18.9 Å². The van der Waals surface area contributed by atoms with Crippen molar-refractivity contribution >= 4 is 28.8 Å². The van der Waals surface area contributed by atoms with E-state index in [0.29, 0.717) is 9.33 Å². The smallest absolute Gasteiger partial charge is 0.271 e. The van der Waals surface area contributed by atoms with Gasteiger partial charge in [-0.2, -0.15) is 0 Å². The molecule has 0 spiro atoms. The average Bonchev–Trinajstić information content (AvgIpc) is 3.22. The van der Waals surface area contributed by atoms with Gasteiger partial charge < -0.3 is 4.74 Å². The molecule has 0 unspecified atom stereocenters. The molecule has 0 saturated heterocycles. The molecule has 178 valence electrons. The summed E-state index contributed by atoms with van der Waals surface area (Å²) in [6.07, 6.45) is 3.48. The van der Waals surface area contributed by atoms with E-state index in [4.69, 9.17) is 9.73 Å². The van der Waals surface area contributed by atoms with E-state index in [1.807, 2.05) is 36.4 Å². The van der Waals surface area contributed by atoms with Crippen molar-refractivity contribution in [2.75, 3.05) is 7.11 Å². The summed E-state index contributed by atoms with van der Waals surface area (Å²) in [6.45, 7) is 0. The van der Waals surface area contributed by atoms with Gasteiger partial charge >= 0.3 is 0 Å². The normalized spacial score (nSPS) is 16.6. The van der Waals surface area contributed by atoms with E-state index in [1.165, 1.54) is 29.0 Å². The number of thiazole rings is 1. The topological polar surface area (TPSA) is 86.7 Å². The molecule has 1 aliphatic heterocycles. The summed E-state index contributed by atoms with van der Waals surface area (Å²) in [5.41, 5.74) is 6.07. The van der Waals surface area contributed by atoms with Gasteiger partial charge in [0.15, 0.2) is 4.80 Å². The number of hydrogen-bond donors (Lipinski definition) is 0. The van der Waals surface area contributed by atoms with E-state index < -0.39 is 4.92 Å². The van der Waals surface area contributed by atoms with Gasteiger partial charge in [-0.3, -0.25) is 19.5 Å². The van der Waals surface area contributed by atoms with Crippen LogP contribution in [-0.2, 0) is 6.42 Å². The van der Waals surface area contributed by atoms with Gasteiger partial charge in [0.1, 0.15) is 5.75 Å². The third-order valence-electron chi connectivity index (χ3n) is 6.71. The van der Waals surface area contributed by atoms with Crippen molar-refractivity contribution in [3.8, 4) is 5.75 Å². The van der Waals surface area contributed by atoms with Crippen LogP contribution < -0.4 is 19.6 Å². The molecule has 2 heterocycles. The van der Waals surface area contributed by atoms with E-state index in [9.17, 15) is 14.9 Å². The van der Waals surface area contributed by atoms with Crippen LogP contribution in [-0.4, -0.2) is 16.6 Å². The van der Waals surface area contributed by atoms with Gasteiger partial charge in [-0.15, -0.1) is 0 Å². The number of hydrogen-bond acceptors (Lipinski definition) is 6. The quantitative estimate of drug-likeness (QED) is 0.313. The molecule has 36 heavy (non-hydrogen) atoms. The minimum atomic E-state index is -0.436. The van der Waals surface area contributed by atoms with Crippen LogP contribution in [0.15, 0.2) is 88.2 Å². The van der Waals surface area contributed by atoms with Crippen molar-refractivity contribution in [1.82, 2.24) is 4.57 Å². The predicted octanol–water partition coefficient (Wildman–Crippen LogP) is 4.24. The number of methoxy groups -OCH3 is 1. The maximum absolute atomic E-state index is 13.7. The van der Waals surface area contributed by atoms with Gasteiger partial charge in [0.25, 0.3) is 11.2 Å². The molecule has 7 nitrogen and oxygen atoms in total. The lowest BCUT2D eigenvalue weighted by molar-refractivity contribution is -0.384. The fourth-order valence-corrected chi connectivity index (χ4v) is 5.95. The third kappa shape index (κ3) is 3.67. The second-order valence-corrected chi connectivity index (χ2v) is 9.74. The summed E-state index contributed by atoms with van der Waals surface area (Å²) >= 11 is 1.34. The first-order chi connectivity index (χ1) is 17.5. The molecule has 0 bridgehead atoms. The number of nitrogens with zero attached hydrogens (tertiary/aromatic N) is 3. The lowest BCUT2D eigenvalue weighted by Crippen LogP contribution is -2.38. The molecule has 8 heteroatoms. The second kappa shape index (κ2) is 8.73. The molecule has 1 atom stereocenters. The zero-order valence-electron chi connectivity index (χ0n) is 19.4. The monoisotopic (exact) mass is 495 g/mol. The number of ether oxygens (including phenoxy) is 1. The summed E-state index contributed by atoms with van der Waals surface area (Å²) in [5.74, 6) is 0.757. The van der Waals surface area contributed by atoms with Crippen molar-refractivity contribution < 1.29 is 9.66 Å². The SMILES string of the molecule is COc1ccc([C@H]2C3=C(N=c4s/c(=C\c5ccc([N+](=O)[O-])cc5)c(=O)n42)c2ccccc2CC3)cc1. The first-order valence-electron chi connectivity index (χ1n) is 11.5. The molecule has 2 aliphatic rings. The van der Waals surface area contributed by atoms with Crippen LogP contribution in [0.4, 0.5) is 5.69 Å². The Morgan fingerprint density at radius 2 is 1.81 bits per heavy atom. The number of allylic oxidation sites excluding steroid dienone is 1. The molecule has 0 fully saturated rings. The maximum atomic E-state index is 13.7. The number of aromatic nitrogens is 1. The minimum absolute atomic E-state index is 0.0134. The van der Waals surface area contributed by atoms with Crippen LogP contribution in [0.1, 0.15) is 34.7 Å². The molecule has 3 aromatic carbocycles. The van der Waals surface area contributed by atoms with Crippen LogP contribution >= 0.6 is 11.3 Å². The van der Waals surface area contributed by atoms with Gasteiger partial charge in [0, 0.05) is 17.7 Å². The van der Waals surface area contributed by atoms with Crippen molar-refractivity contribution in [2.24, 2.45) is 4.99 Å². The molecular formula is C28H21N3O4S. The number of non-ortho nitro benzene ring substituents is 1. The summed E-state index contributed by atoms with van der Waals surface area (Å²) in [6, 6.07) is 22.1. The van der Waals surface area contributed by atoms with Crippen LogP contribution in [0.5, 0.6) is 5.75 Å². The van der Waals surface area contributed by atoms with Crippen LogP contribution in [0.3, 0.4) is 0 Å². The minimum Gasteiger partial charge on any atom is -0.497 e. The zero-order valence-corrected chi connectivity index (χ0v) is 20.2. The zero-order chi connectivity index (χ0) is 24.8. The molecule has 1 aromatic heterocycles. The van der Waals surface area contributed by atoms with Crippen LogP contribution in [0.2, 0.25) is 0 Å². The highest BCUT2D eigenvalue weighted by Gasteiger charge is 2.32. The Balaban J connectivity index is 1.56.